The first-order valence-electron chi connectivity index (χ1n) is 5.32. The summed E-state index contributed by atoms with van der Waals surface area (Å²) >= 11 is 0. The van der Waals surface area contributed by atoms with Crippen molar-refractivity contribution < 1.29 is 13.2 Å². The number of hydrogen-bond acceptors (Lipinski definition) is 1. The number of benzene rings is 1. The zero-order valence-corrected chi connectivity index (χ0v) is 9.35. The van der Waals surface area contributed by atoms with E-state index >= 15 is 0 Å². The smallest absolute Gasteiger partial charge is 0.256 e. The van der Waals surface area contributed by atoms with Crippen LogP contribution in [0, 0.1) is 0 Å². The van der Waals surface area contributed by atoms with Crippen LogP contribution >= 0.6 is 0 Å². The van der Waals surface area contributed by atoms with Crippen LogP contribution in [0.4, 0.5) is 13.2 Å². The van der Waals surface area contributed by atoms with Crippen molar-refractivity contribution >= 4 is 12.2 Å². The second-order valence-electron chi connectivity index (χ2n) is 3.71. The molecule has 0 atom stereocenters. The van der Waals surface area contributed by atoms with Crippen LogP contribution in [0.15, 0.2) is 48.7 Å². The summed E-state index contributed by atoms with van der Waals surface area (Å²) < 4.78 is 36.9. The lowest BCUT2D eigenvalue weighted by atomic mass is 10.2. The molecule has 0 aliphatic carbocycles. The molecule has 1 aromatic heterocycles. The fraction of sp³-hybridized carbons (Fsp3) is 0.0714. The van der Waals surface area contributed by atoms with Gasteiger partial charge >= 0.3 is 6.18 Å². The normalized spacial score (nSPS) is 11.9. The van der Waals surface area contributed by atoms with Crippen molar-refractivity contribution in [1.29, 1.82) is 0 Å². The highest BCUT2D eigenvalue weighted by Crippen LogP contribution is 2.28. The second kappa shape index (κ2) is 5.04. The highest BCUT2D eigenvalue weighted by atomic mass is 19.4. The highest BCUT2D eigenvalue weighted by molar-refractivity contribution is 5.67. The maximum absolute atomic E-state index is 12.3. The summed E-state index contributed by atoms with van der Waals surface area (Å²) in [6.07, 6.45) is -0.0234. The molecule has 92 valence electrons. The topological polar surface area (TPSA) is 12.9 Å². The highest BCUT2D eigenvalue weighted by Gasteiger charge is 2.30. The van der Waals surface area contributed by atoms with Gasteiger partial charge in [0.15, 0.2) is 0 Å². The Morgan fingerprint density at radius 1 is 0.889 bits per heavy atom. The maximum atomic E-state index is 12.3. The first-order chi connectivity index (χ1) is 8.55. The van der Waals surface area contributed by atoms with Crippen molar-refractivity contribution in [3.63, 3.8) is 0 Å². The average Bonchev–Trinajstić information content (AvgIpc) is 2.37. The molecule has 0 N–H and O–H groups in total. The Labute approximate surface area is 103 Å². The zero-order valence-electron chi connectivity index (χ0n) is 9.35. The van der Waals surface area contributed by atoms with E-state index in [9.17, 15) is 13.2 Å². The van der Waals surface area contributed by atoms with Gasteiger partial charge in [0.2, 0.25) is 0 Å². The van der Waals surface area contributed by atoms with E-state index in [0.717, 1.165) is 17.8 Å². The van der Waals surface area contributed by atoms with Crippen molar-refractivity contribution in [3.8, 4) is 0 Å². The van der Waals surface area contributed by atoms with Gasteiger partial charge < -0.3 is 0 Å². The predicted octanol–water partition coefficient (Wildman–Crippen LogP) is 4.27. The monoisotopic (exact) mass is 249 g/mol. The molecule has 0 unspecified atom stereocenters. The molecule has 0 amide bonds. The van der Waals surface area contributed by atoms with Crippen LogP contribution in [-0.4, -0.2) is 4.98 Å². The molecule has 0 spiro atoms. The van der Waals surface area contributed by atoms with Gasteiger partial charge in [-0.05, 0) is 23.8 Å². The SMILES string of the molecule is FC(F)(F)c1ccc(C=Cc2ccccc2)nc1. The summed E-state index contributed by atoms with van der Waals surface area (Å²) in [5.41, 5.74) is 0.727. The van der Waals surface area contributed by atoms with Crippen molar-refractivity contribution in [3.05, 3.63) is 65.5 Å². The molecule has 4 heteroatoms. The average molecular weight is 249 g/mol. The van der Waals surface area contributed by atoms with E-state index in [0.29, 0.717) is 5.69 Å². The Morgan fingerprint density at radius 2 is 1.61 bits per heavy atom. The molecule has 0 aliphatic rings. The number of halogens is 3. The summed E-state index contributed by atoms with van der Waals surface area (Å²) in [4.78, 5) is 3.75. The van der Waals surface area contributed by atoms with Gasteiger partial charge in [-0.2, -0.15) is 13.2 Å². The lowest BCUT2D eigenvalue weighted by Crippen LogP contribution is -2.05. The molecule has 2 rings (SSSR count). The molecule has 0 radical (unpaired) electrons. The van der Waals surface area contributed by atoms with Gasteiger partial charge in [-0.25, -0.2) is 0 Å². The molecule has 0 bridgehead atoms. The summed E-state index contributed by atoms with van der Waals surface area (Å²) in [7, 11) is 0. The Kier molecular flexibility index (Phi) is 3.46. The van der Waals surface area contributed by atoms with Crippen molar-refractivity contribution in [2.24, 2.45) is 0 Å². The molecule has 0 saturated heterocycles. The molecule has 1 aromatic carbocycles. The van der Waals surface area contributed by atoms with Gasteiger partial charge in [0.25, 0.3) is 0 Å². The third kappa shape index (κ3) is 3.20. The van der Waals surface area contributed by atoms with Crippen LogP contribution in [0.5, 0.6) is 0 Å². The van der Waals surface area contributed by atoms with E-state index < -0.39 is 11.7 Å². The van der Waals surface area contributed by atoms with Crippen LogP contribution in [-0.2, 0) is 6.18 Å². The largest absolute Gasteiger partial charge is 0.417 e. The number of rotatable bonds is 2. The van der Waals surface area contributed by atoms with E-state index in [1.165, 1.54) is 6.07 Å². The lowest BCUT2D eigenvalue weighted by Gasteiger charge is -2.05. The van der Waals surface area contributed by atoms with E-state index in [1.54, 1.807) is 12.2 Å². The Balaban J connectivity index is 2.14. The number of hydrogen-bond donors (Lipinski definition) is 0. The molecule has 1 heterocycles. The Morgan fingerprint density at radius 3 is 2.17 bits per heavy atom. The molecular formula is C14H10F3N. The van der Waals surface area contributed by atoms with Gasteiger partial charge in [0.05, 0.1) is 11.3 Å². The third-order valence-electron chi connectivity index (χ3n) is 2.36. The summed E-state index contributed by atoms with van der Waals surface area (Å²) in [5.74, 6) is 0. The van der Waals surface area contributed by atoms with Crippen molar-refractivity contribution in [1.82, 2.24) is 4.98 Å². The summed E-state index contributed by atoms with van der Waals surface area (Å²) in [5, 5.41) is 0. The number of aromatic nitrogens is 1. The molecule has 0 aliphatic heterocycles. The molecule has 0 saturated carbocycles. The van der Waals surface area contributed by atoms with E-state index in [1.807, 2.05) is 30.3 Å². The molecule has 1 nitrogen and oxygen atoms in total. The molecular weight excluding hydrogens is 239 g/mol. The number of nitrogens with zero attached hydrogens (tertiary/aromatic N) is 1. The first kappa shape index (κ1) is 12.4. The van der Waals surface area contributed by atoms with E-state index in [4.69, 9.17) is 0 Å². The summed E-state index contributed by atoms with van der Waals surface area (Å²) in [6, 6.07) is 11.9. The van der Waals surface area contributed by atoms with E-state index in [2.05, 4.69) is 4.98 Å². The molecule has 18 heavy (non-hydrogen) atoms. The van der Waals surface area contributed by atoms with E-state index in [-0.39, 0.29) is 0 Å². The minimum Gasteiger partial charge on any atom is -0.256 e. The van der Waals surface area contributed by atoms with Crippen LogP contribution < -0.4 is 0 Å². The molecule has 2 aromatic rings. The number of alkyl halides is 3. The second-order valence-corrected chi connectivity index (χ2v) is 3.71. The third-order valence-corrected chi connectivity index (χ3v) is 2.36. The minimum absolute atomic E-state index is 0.492. The van der Waals surface area contributed by atoms with Gasteiger partial charge in [-0.3, -0.25) is 4.98 Å². The van der Waals surface area contributed by atoms with Crippen LogP contribution in [0.2, 0.25) is 0 Å². The van der Waals surface area contributed by atoms with Crippen molar-refractivity contribution in [2.75, 3.05) is 0 Å². The summed E-state index contributed by atoms with van der Waals surface area (Å²) in [6.45, 7) is 0. The first-order valence-corrected chi connectivity index (χ1v) is 5.32. The van der Waals surface area contributed by atoms with Gasteiger partial charge in [0, 0.05) is 6.20 Å². The Hall–Kier alpha value is -2.10. The van der Waals surface area contributed by atoms with Gasteiger partial charge in [-0.15, -0.1) is 0 Å². The lowest BCUT2D eigenvalue weighted by molar-refractivity contribution is -0.137. The van der Waals surface area contributed by atoms with Crippen LogP contribution in [0.25, 0.3) is 12.2 Å². The van der Waals surface area contributed by atoms with Crippen LogP contribution in [0.1, 0.15) is 16.8 Å². The fourth-order valence-corrected chi connectivity index (χ4v) is 1.42. The van der Waals surface area contributed by atoms with Crippen molar-refractivity contribution in [2.45, 2.75) is 6.18 Å². The zero-order chi connectivity index (χ0) is 13.0. The fourth-order valence-electron chi connectivity index (χ4n) is 1.42. The Bertz CT molecular complexity index is 527. The standard InChI is InChI=1S/C14H10F3N/c15-14(16,17)12-7-9-13(18-10-12)8-6-11-4-2-1-3-5-11/h1-10H. The van der Waals surface area contributed by atoms with Crippen LogP contribution in [0.3, 0.4) is 0 Å². The van der Waals surface area contributed by atoms with Gasteiger partial charge in [0.1, 0.15) is 0 Å². The number of pyridine rings is 1. The predicted molar refractivity (Wildman–Crippen MR) is 64.6 cm³/mol. The quantitative estimate of drug-likeness (QED) is 0.774. The minimum atomic E-state index is -4.34. The molecule has 0 fully saturated rings. The van der Waals surface area contributed by atoms with Gasteiger partial charge in [-0.1, -0.05) is 36.4 Å². The maximum Gasteiger partial charge on any atom is 0.417 e.